The van der Waals surface area contributed by atoms with E-state index in [1.54, 1.807) is 6.07 Å². The summed E-state index contributed by atoms with van der Waals surface area (Å²) in [6.45, 7) is 2.07. The summed E-state index contributed by atoms with van der Waals surface area (Å²) >= 11 is 0. The van der Waals surface area contributed by atoms with Crippen LogP contribution in [0.25, 0.3) is 0 Å². The molecule has 3 atom stereocenters. The van der Waals surface area contributed by atoms with Gasteiger partial charge < -0.3 is 10.5 Å². The average molecular weight is 273 g/mol. The Hall–Kier alpha value is -1.23. The van der Waals surface area contributed by atoms with E-state index in [4.69, 9.17) is 10.5 Å². The number of para-hydroxylation sites is 1. The van der Waals surface area contributed by atoms with Crippen molar-refractivity contribution in [3.05, 3.63) is 29.8 Å². The molecule has 2 N–H and O–H groups in total. The molecule has 0 spiro atoms. The van der Waals surface area contributed by atoms with Gasteiger partial charge in [0, 0.05) is 6.04 Å². The molecule has 0 aromatic heterocycles. The van der Waals surface area contributed by atoms with E-state index < -0.39 is 11.7 Å². The van der Waals surface area contributed by atoms with Crippen LogP contribution in [0.2, 0.25) is 0 Å². The van der Waals surface area contributed by atoms with Gasteiger partial charge in [-0.05, 0) is 37.3 Å². The maximum Gasteiger partial charge on any atom is 0.419 e. The highest BCUT2D eigenvalue weighted by atomic mass is 19.4. The van der Waals surface area contributed by atoms with Crippen LogP contribution in [0.1, 0.15) is 31.7 Å². The molecule has 1 aromatic rings. The molecule has 0 heterocycles. The quantitative estimate of drug-likeness (QED) is 0.893. The lowest BCUT2D eigenvalue weighted by atomic mass is 9.85. The van der Waals surface area contributed by atoms with Crippen LogP contribution in [0, 0.1) is 5.92 Å². The van der Waals surface area contributed by atoms with Crippen molar-refractivity contribution in [2.24, 2.45) is 11.7 Å². The number of hydrogen-bond acceptors (Lipinski definition) is 2. The summed E-state index contributed by atoms with van der Waals surface area (Å²) < 4.78 is 44.1. The number of hydrogen-bond donors (Lipinski definition) is 1. The number of rotatable bonds is 2. The van der Waals surface area contributed by atoms with E-state index in [0.29, 0.717) is 12.3 Å². The highest BCUT2D eigenvalue weighted by Gasteiger charge is 2.36. The van der Waals surface area contributed by atoms with Gasteiger partial charge in [-0.2, -0.15) is 13.2 Å². The SMILES string of the molecule is CC1CCC(N)C(Oc2ccccc2C(F)(F)F)C1. The lowest BCUT2D eigenvalue weighted by Gasteiger charge is -2.33. The van der Waals surface area contributed by atoms with Crippen molar-refractivity contribution in [3.63, 3.8) is 0 Å². The Labute approximate surface area is 110 Å². The number of ether oxygens (including phenoxy) is 1. The Morgan fingerprint density at radius 3 is 2.58 bits per heavy atom. The van der Waals surface area contributed by atoms with E-state index in [1.807, 2.05) is 0 Å². The van der Waals surface area contributed by atoms with E-state index in [-0.39, 0.29) is 17.9 Å². The largest absolute Gasteiger partial charge is 0.488 e. The van der Waals surface area contributed by atoms with Crippen molar-refractivity contribution >= 4 is 0 Å². The zero-order chi connectivity index (χ0) is 14.0. The molecule has 3 unspecified atom stereocenters. The molecule has 1 aromatic carbocycles. The Balaban J connectivity index is 2.19. The van der Waals surface area contributed by atoms with Crippen LogP contribution in [0.15, 0.2) is 24.3 Å². The summed E-state index contributed by atoms with van der Waals surface area (Å²) in [7, 11) is 0. The van der Waals surface area contributed by atoms with Crippen LogP contribution in [0.4, 0.5) is 13.2 Å². The summed E-state index contributed by atoms with van der Waals surface area (Å²) in [5.41, 5.74) is 5.21. The van der Waals surface area contributed by atoms with Crippen LogP contribution in [-0.4, -0.2) is 12.1 Å². The van der Waals surface area contributed by atoms with E-state index in [9.17, 15) is 13.2 Å². The molecular weight excluding hydrogens is 255 g/mol. The van der Waals surface area contributed by atoms with Crippen molar-refractivity contribution in [3.8, 4) is 5.75 Å². The van der Waals surface area contributed by atoms with Gasteiger partial charge in [0.15, 0.2) is 0 Å². The predicted octanol–water partition coefficient (Wildman–Crippen LogP) is 3.60. The lowest BCUT2D eigenvalue weighted by Crippen LogP contribution is -2.43. The fourth-order valence-electron chi connectivity index (χ4n) is 2.45. The summed E-state index contributed by atoms with van der Waals surface area (Å²) in [6, 6.07) is 5.10. The molecule has 0 aliphatic heterocycles. The van der Waals surface area contributed by atoms with Gasteiger partial charge in [0.25, 0.3) is 0 Å². The van der Waals surface area contributed by atoms with Gasteiger partial charge in [0.05, 0.1) is 5.56 Å². The van der Waals surface area contributed by atoms with Crippen LogP contribution in [-0.2, 0) is 6.18 Å². The van der Waals surface area contributed by atoms with E-state index in [0.717, 1.165) is 18.9 Å². The van der Waals surface area contributed by atoms with Gasteiger partial charge in [0.1, 0.15) is 11.9 Å². The fraction of sp³-hybridized carbons (Fsp3) is 0.571. The zero-order valence-corrected chi connectivity index (χ0v) is 10.8. The molecule has 2 rings (SSSR count). The van der Waals surface area contributed by atoms with E-state index in [2.05, 4.69) is 6.92 Å². The Morgan fingerprint density at radius 2 is 1.89 bits per heavy atom. The molecule has 0 bridgehead atoms. The fourth-order valence-corrected chi connectivity index (χ4v) is 2.45. The minimum Gasteiger partial charge on any atom is -0.488 e. The molecule has 0 radical (unpaired) electrons. The van der Waals surface area contributed by atoms with Crippen molar-refractivity contribution in [2.75, 3.05) is 0 Å². The van der Waals surface area contributed by atoms with Crippen LogP contribution >= 0.6 is 0 Å². The monoisotopic (exact) mass is 273 g/mol. The highest BCUT2D eigenvalue weighted by Crippen LogP contribution is 2.37. The van der Waals surface area contributed by atoms with Gasteiger partial charge >= 0.3 is 6.18 Å². The van der Waals surface area contributed by atoms with Crippen molar-refractivity contribution in [2.45, 2.75) is 44.5 Å². The molecular formula is C14H18F3NO. The Bertz CT molecular complexity index is 433. The van der Waals surface area contributed by atoms with Gasteiger partial charge in [0.2, 0.25) is 0 Å². The summed E-state index contributed by atoms with van der Waals surface area (Å²) in [6.07, 6.45) is -2.25. The Morgan fingerprint density at radius 1 is 1.21 bits per heavy atom. The number of halogens is 3. The van der Waals surface area contributed by atoms with Crippen molar-refractivity contribution in [1.82, 2.24) is 0 Å². The van der Waals surface area contributed by atoms with Gasteiger partial charge in [-0.3, -0.25) is 0 Å². The molecule has 2 nitrogen and oxygen atoms in total. The first kappa shape index (κ1) is 14.2. The summed E-state index contributed by atoms with van der Waals surface area (Å²) in [5.74, 6) is 0.312. The molecule has 1 aliphatic rings. The van der Waals surface area contributed by atoms with Crippen LogP contribution in [0.5, 0.6) is 5.75 Å². The topological polar surface area (TPSA) is 35.2 Å². The zero-order valence-electron chi connectivity index (χ0n) is 10.8. The predicted molar refractivity (Wildman–Crippen MR) is 66.9 cm³/mol. The van der Waals surface area contributed by atoms with Gasteiger partial charge in [-0.25, -0.2) is 0 Å². The van der Waals surface area contributed by atoms with E-state index >= 15 is 0 Å². The average Bonchev–Trinajstić information content (AvgIpc) is 2.33. The summed E-state index contributed by atoms with van der Waals surface area (Å²) in [4.78, 5) is 0. The Kier molecular flexibility index (Phi) is 4.04. The van der Waals surface area contributed by atoms with Crippen molar-refractivity contribution in [1.29, 1.82) is 0 Å². The van der Waals surface area contributed by atoms with E-state index in [1.165, 1.54) is 12.1 Å². The van der Waals surface area contributed by atoms with Gasteiger partial charge in [-0.15, -0.1) is 0 Å². The first-order chi connectivity index (χ1) is 8.88. The first-order valence-electron chi connectivity index (χ1n) is 6.46. The number of nitrogens with two attached hydrogens (primary N) is 1. The highest BCUT2D eigenvalue weighted by molar-refractivity contribution is 5.35. The molecule has 5 heteroatoms. The second-order valence-corrected chi connectivity index (χ2v) is 5.23. The first-order valence-corrected chi connectivity index (χ1v) is 6.46. The molecule has 19 heavy (non-hydrogen) atoms. The maximum atomic E-state index is 12.9. The molecule has 106 valence electrons. The van der Waals surface area contributed by atoms with Crippen LogP contribution < -0.4 is 10.5 Å². The second kappa shape index (κ2) is 5.41. The lowest BCUT2D eigenvalue weighted by molar-refractivity contribution is -0.139. The smallest absolute Gasteiger partial charge is 0.419 e. The molecule has 1 fully saturated rings. The minimum atomic E-state index is -4.40. The molecule has 1 aliphatic carbocycles. The number of benzene rings is 1. The van der Waals surface area contributed by atoms with Gasteiger partial charge in [-0.1, -0.05) is 19.1 Å². The third kappa shape index (κ3) is 3.41. The summed E-state index contributed by atoms with van der Waals surface area (Å²) in [5, 5.41) is 0. The number of alkyl halides is 3. The standard InChI is InChI=1S/C14H18F3NO/c1-9-6-7-11(18)13(8-9)19-12-5-3-2-4-10(12)14(15,16)17/h2-5,9,11,13H,6-8,18H2,1H3. The maximum absolute atomic E-state index is 12.9. The molecule has 0 saturated heterocycles. The second-order valence-electron chi connectivity index (χ2n) is 5.23. The van der Waals surface area contributed by atoms with Crippen molar-refractivity contribution < 1.29 is 17.9 Å². The van der Waals surface area contributed by atoms with Crippen LogP contribution in [0.3, 0.4) is 0 Å². The third-order valence-corrected chi connectivity index (χ3v) is 3.58. The molecule has 0 amide bonds. The normalized spacial score (nSPS) is 28.2. The minimum absolute atomic E-state index is 0.121. The third-order valence-electron chi connectivity index (χ3n) is 3.58. The molecule has 1 saturated carbocycles.